The van der Waals surface area contributed by atoms with Crippen LogP contribution in [0, 0.1) is 13.8 Å². The monoisotopic (exact) mass is 357 g/mol. The third kappa shape index (κ3) is 3.98. The van der Waals surface area contributed by atoms with E-state index in [0.29, 0.717) is 17.4 Å². The van der Waals surface area contributed by atoms with E-state index >= 15 is 0 Å². The molecule has 0 saturated heterocycles. The van der Waals surface area contributed by atoms with Gasteiger partial charge in [-0.05, 0) is 50.2 Å². The number of ether oxygens (including phenoxy) is 2. The number of aryl methyl sites for hydroxylation is 2. The van der Waals surface area contributed by atoms with Gasteiger partial charge < -0.3 is 9.47 Å². The molecule has 2 aromatic carbocycles. The van der Waals surface area contributed by atoms with Gasteiger partial charge in [-0.1, -0.05) is 18.2 Å². The highest BCUT2D eigenvalue weighted by Gasteiger charge is 2.06. The van der Waals surface area contributed by atoms with E-state index < -0.39 is 0 Å². The lowest BCUT2D eigenvalue weighted by molar-refractivity contribution is 0.449. The van der Waals surface area contributed by atoms with Crippen LogP contribution in [0.5, 0.6) is 23.1 Å². The van der Waals surface area contributed by atoms with Crippen molar-refractivity contribution in [1.29, 1.82) is 0 Å². The lowest BCUT2D eigenvalue weighted by Gasteiger charge is -2.10. The predicted octanol–water partition coefficient (Wildman–Crippen LogP) is 5.47. The quantitative estimate of drug-likeness (QED) is 0.475. The van der Waals surface area contributed by atoms with E-state index in [1.807, 2.05) is 91.3 Å². The molecule has 0 N–H and O–H groups in total. The molecular weight excluding hydrogens is 338 g/mol. The van der Waals surface area contributed by atoms with Gasteiger partial charge in [0.2, 0.25) is 5.88 Å². The van der Waals surface area contributed by atoms with E-state index in [-0.39, 0.29) is 0 Å². The Kier molecular flexibility index (Phi) is 4.58. The van der Waals surface area contributed by atoms with Crippen molar-refractivity contribution in [3.63, 3.8) is 0 Å². The van der Waals surface area contributed by atoms with Crippen LogP contribution in [-0.4, -0.2) is 14.8 Å². The molecule has 134 valence electrons. The normalized spacial score (nSPS) is 10.6. The van der Waals surface area contributed by atoms with Crippen LogP contribution in [0.25, 0.3) is 5.69 Å². The van der Waals surface area contributed by atoms with Crippen LogP contribution in [-0.2, 0) is 0 Å². The Morgan fingerprint density at radius 1 is 0.741 bits per heavy atom. The molecule has 0 amide bonds. The summed E-state index contributed by atoms with van der Waals surface area (Å²) in [5.74, 6) is 2.63. The molecule has 0 radical (unpaired) electrons. The standard InChI is InChI=1S/C22H19N3O2/c1-16-13-17(2)25(24-16)18-7-5-8-19(14-18)26-20-9-6-10-21(15-20)27-22-11-3-4-12-23-22/h3-15H,1-2H3. The molecule has 0 unspecified atom stereocenters. The van der Waals surface area contributed by atoms with Gasteiger partial charge in [-0.2, -0.15) is 5.10 Å². The van der Waals surface area contributed by atoms with Gasteiger partial charge in [-0.3, -0.25) is 0 Å². The summed E-state index contributed by atoms with van der Waals surface area (Å²) in [4.78, 5) is 4.17. The zero-order valence-electron chi connectivity index (χ0n) is 15.2. The second-order valence-corrected chi connectivity index (χ2v) is 6.18. The van der Waals surface area contributed by atoms with E-state index in [9.17, 15) is 0 Å². The van der Waals surface area contributed by atoms with Gasteiger partial charge in [0.25, 0.3) is 0 Å². The van der Waals surface area contributed by atoms with Gasteiger partial charge in [-0.25, -0.2) is 9.67 Å². The first-order chi connectivity index (χ1) is 13.2. The molecule has 2 aromatic heterocycles. The summed E-state index contributed by atoms with van der Waals surface area (Å²) in [6.45, 7) is 4.02. The molecule has 4 rings (SSSR count). The van der Waals surface area contributed by atoms with Crippen LogP contribution >= 0.6 is 0 Å². The summed E-state index contributed by atoms with van der Waals surface area (Å²) in [7, 11) is 0. The highest BCUT2D eigenvalue weighted by Crippen LogP contribution is 2.28. The summed E-state index contributed by atoms with van der Waals surface area (Å²) in [6.07, 6.45) is 1.69. The smallest absolute Gasteiger partial charge is 0.219 e. The molecule has 0 fully saturated rings. The minimum atomic E-state index is 0.543. The van der Waals surface area contributed by atoms with Crippen LogP contribution in [0.4, 0.5) is 0 Å². The summed E-state index contributed by atoms with van der Waals surface area (Å²) in [5, 5.41) is 4.52. The Morgan fingerprint density at radius 2 is 1.48 bits per heavy atom. The average Bonchev–Trinajstić information content (AvgIpc) is 3.01. The van der Waals surface area contributed by atoms with Crippen molar-refractivity contribution in [2.24, 2.45) is 0 Å². The first-order valence-electron chi connectivity index (χ1n) is 8.68. The first kappa shape index (κ1) is 16.8. The molecule has 27 heavy (non-hydrogen) atoms. The minimum absolute atomic E-state index is 0.543. The molecule has 5 heteroatoms. The fourth-order valence-electron chi connectivity index (χ4n) is 2.83. The SMILES string of the molecule is Cc1cc(C)n(-c2cccc(Oc3cccc(Oc4ccccn4)c3)c2)n1. The molecule has 0 bridgehead atoms. The van der Waals surface area contributed by atoms with Crippen LogP contribution in [0.1, 0.15) is 11.4 Å². The maximum absolute atomic E-state index is 6.02. The number of aromatic nitrogens is 3. The Balaban J connectivity index is 1.55. The van der Waals surface area contributed by atoms with Crippen molar-refractivity contribution in [3.05, 3.63) is 90.4 Å². The van der Waals surface area contributed by atoms with Gasteiger partial charge in [0.05, 0.1) is 11.4 Å². The van der Waals surface area contributed by atoms with E-state index in [1.165, 1.54) is 0 Å². The summed E-state index contributed by atoms with van der Waals surface area (Å²) in [6, 6.07) is 22.9. The Bertz CT molecular complexity index is 1060. The second-order valence-electron chi connectivity index (χ2n) is 6.18. The van der Waals surface area contributed by atoms with Gasteiger partial charge in [0.1, 0.15) is 17.2 Å². The lowest BCUT2D eigenvalue weighted by Crippen LogP contribution is -1.99. The fraction of sp³-hybridized carbons (Fsp3) is 0.0909. The third-order valence-electron chi connectivity index (χ3n) is 3.97. The third-order valence-corrected chi connectivity index (χ3v) is 3.97. The molecule has 0 saturated carbocycles. The number of hydrogen-bond donors (Lipinski definition) is 0. The maximum atomic E-state index is 6.02. The minimum Gasteiger partial charge on any atom is -0.457 e. The lowest BCUT2D eigenvalue weighted by atomic mass is 10.3. The van der Waals surface area contributed by atoms with Crippen molar-refractivity contribution in [2.45, 2.75) is 13.8 Å². The van der Waals surface area contributed by atoms with Crippen molar-refractivity contribution < 1.29 is 9.47 Å². The van der Waals surface area contributed by atoms with E-state index in [4.69, 9.17) is 9.47 Å². The number of nitrogens with zero attached hydrogens (tertiary/aromatic N) is 3. The molecule has 0 atom stereocenters. The summed E-state index contributed by atoms with van der Waals surface area (Å²) in [5.41, 5.74) is 3.02. The van der Waals surface area contributed by atoms with E-state index in [0.717, 1.165) is 22.8 Å². The number of pyridine rings is 1. The van der Waals surface area contributed by atoms with Gasteiger partial charge in [-0.15, -0.1) is 0 Å². The summed E-state index contributed by atoms with van der Waals surface area (Å²) >= 11 is 0. The highest BCUT2D eigenvalue weighted by molar-refractivity contribution is 5.43. The molecule has 0 aliphatic carbocycles. The number of hydrogen-bond acceptors (Lipinski definition) is 4. The number of benzene rings is 2. The Labute approximate surface area is 157 Å². The van der Waals surface area contributed by atoms with Gasteiger partial charge in [0.15, 0.2) is 0 Å². The van der Waals surface area contributed by atoms with Gasteiger partial charge in [0, 0.05) is 30.1 Å². The van der Waals surface area contributed by atoms with Crippen molar-refractivity contribution in [2.75, 3.05) is 0 Å². The number of rotatable bonds is 5. The van der Waals surface area contributed by atoms with Crippen molar-refractivity contribution >= 4 is 0 Å². The highest BCUT2D eigenvalue weighted by atomic mass is 16.5. The second kappa shape index (κ2) is 7.33. The van der Waals surface area contributed by atoms with Gasteiger partial charge >= 0.3 is 0 Å². The van der Waals surface area contributed by atoms with Crippen molar-refractivity contribution in [3.8, 4) is 28.8 Å². The molecule has 5 nitrogen and oxygen atoms in total. The Hall–Kier alpha value is -3.60. The largest absolute Gasteiger partial charge is 0.457 e. The molecule has 2 heterocycles. The van der Waals surface area contributed by atoms with Crippen LogP contribution in [0.15, 0.2) is 79.0 Å². The van der Waals surface area contributed by atoms with Crippen molar-refractivity contribution in [1.82, 2.24) is 14.8 Å². The van der Waals surface area contributed by atoms with Crippen LogP contribution < -0.4 is 9.47 Å². The fourth-order valence-corrected chi connectivity index (χ4v) is 2.83. The maximum Gasteiger partial charge on any atom is 0.219 e. The van der Waals surface area contributed by atoms with Crippen LogP contribution in [0.3, 0.4) is 0 Å². The zero-order chi connectivity index (χ0) is 18.6. The zero-order valence-corrected chi connectivity index (χ0v) is 15.2. The molecule has 0 aliphatic rings. The molecule has 0 spiro atoms. The van der Waals surface area contributed by atoms with Crippen LogP contribution in [0.2, 0.25) is 0 Å². The van der Waals surface area contributed by atoms with E-state index in [1.54, 1.807) is 6.20 Å². The van der Waals surface area contributed by atoms with E-state index in [2.05, 4.69) is 10.1 Å². The molecule has 4 aromatic rings. The predicted molar refractivity (Wildman–Crippen MR) is 104 cm³/mol. The summed E-state index contributed by atoms with van der Waals surface area (Å²) < 4.78 is 13.7. The average molecular weight is 357 g/mol. The Morgan fingerprint density at radius 3 is 2.19 bits per heavy atom. The molecular formula is C22H19N3O2. The first-order valence-corrected chi connectivity index (χ1v) is 8.68. The molecule has 0 aliphatic heterocycles. The topological polar surface area (TPSA) is 49.2 Å².